The summed E-state index contributed by atoms with van der Waals surface area (Å²) in [6.07, 6.45) is 6.19. The number of rotatable bonds is 7. The van der Waals surface area contributed by atoms with Crippen molar-refractivity contribution in [3.8, 4) is 0 Å². The zero-order valence-electron chi connectivity index (χ0n) is 12.7. The minimum Gasteiger partial charge on any atom is -0.480 e. The van der Waals surface area contributed by atoms with Crippen LogP contribution in [0, 0.1) is 0 Å². The largest absolute Gasteiger partial charge is 0.480 e. The number of nitrogens with zero attached hydrogens (tertiary/aromatic N) is 2. The minimum atomic E-state index is -0.722. The van der Waals surface area contributed by atoms with E-state index in [1.165, 1.54) is 38.8 Å². The lowest BCUT2D eigenvalue weighted by Crippen LogP contribution is -2.47. The second-order valence-corrected chi connectivity index (χ2v) is 6.14. The van der Waals surface area contributed by atoms with Gasteiger partial charge in [-0.3, -0.25) is 14.6 Å². The molecule has 0 aromatic heterocycles. The molecule has 2 aliphatic rings. The first-order chi connectivity index (χ1) is 9.70. The Bertz CT molecular complexity index is 305. The van der Waals surface area contributed by atoms with E-state index in [0.717, 1.165) is 26.1 Å². The molecule has 0 amide bonds. The number of hydrogen-bond acceptors (Lipinski definition) is 4. The predicted molar refractivity (Wildman–Crippen MR) is 80.0 cm³/mol. The highest BCUT2D eigenvalue weighted by atomic mass is 16.4. The Labute approximate surface area is 122 Å². The van der Waals surface area contributed by atoms with Crippen LogP contribution >= 0.6 is 0 Å². The number of carboxylic acid groups (broad SMARTS) is 1. The van der Waals surface area contributed by atoms with Crippen LogP contribution in [0.5, 0.6) is 0 Å². The van der Waals surface area contributed by atoms with Crippen molar-refractivity contribution < 1.29 is 9.90 Å². The average molecular weight is 283 g/mol. The van der Waals surface area contributed by atoms with E-state index in [2.05, 4.69) is 22.0 Å². The highest BCUT2D eigenvalue weighted by molar-refractivity contribution is 5.73. The van der Waals surface area contributed by atoms with Crippen molar-refractivity contribution in [3.05, 3.63) is 0 Å². The molecule has 2 fully saturated rings. The smallest absolute Gasteiger partial charge is 0.322 e. The van der Waals surface area contributed by atoms with E-state index >= 15 is 0 Å². The zero-order valence-corrected chi connectivity index (χ0v) is 12.7. The molecule has 2 aliphatic heterocycles. The first-order valence-electron chi connectivity index (χ1n) is 8.13. The molecular formula is C15H29N3O2. The highest BCUT2D eigenvalue weighted by Gasteiger charge is 2.30. The zero-order chi connectivity index (χ0) is 14.4. The van der Waals surface area contributed by atoms with E-state index in [0.29, 0.717) is 12.6 Å². The van der Waals surface area contributed by atoms with Crippen LogP contribution in [0.1, 0.15) is 39.0 Å². The fraction of sp³-hybridized carbons (Fsp3) is 0.933. The lowest BCUT2D eigenvalue weighted by molar-refractivity contribution is -0.139. The van der Waals surface area contributed by atoms with Crippen LogP contribution in [-0.4, -0.2) is 72.2 Å². The summed E-state index contributed by atoms with van der Waals surface area (Å²) >= 11 is 0. The molecule has 0 aliphatic carbocycles. The number of aliphatic carboxylic acids is 1. The van der Waals surface area contributed by atoms with Gasteiger partial charge in [0.05, 0.1) is 0 Å². The molecule has 0 aromatic rings. The number of likely N-dealkylation sites (tertiary alicyclic amines) is 2. The van der Waals surface area contributed by atoms with Gasteiger partial charge in [0.15, 0.2) is 0 Å². The standard InChI is InChI=1S/C15H29N3O2/c1-2-7-16-14(15(19)20)12-17-10-6-13(11-17)18-8-4-3-5-9-18/h13-14,16H,2-12H2,1H3,(H,19,20). The van der Waals surface area contributed by atoms with Crippen molar-refractivity contribution >= 4 is 5.97 Å². The third-order valence-electron chi connectivity index (χ3n) is 4.53. The number of carboxylic acids is 1. The molecular weight excluding hydrogens is 254 g/mol. The number of hydrogen-bond donors (Lipinski definition) is 2. The van der Waals surface area contributed by atoms with Gasteiger partial charge in [-0.25, -0.2) is 0 Å². The van der Waals surface area contributed by atoms with Gasteiger partial charge in [0.2, 0.25) is 0 Å². The fourth-order valence-electron chi connectivity index (χ4n) is 3.37. The van der Waals surface area contributed by atoms with Gasteiger partial charge in [0, 0.05) is 19.1 Å². The van der Waals surface area contributed by atoms with Gasteiger partial charge in [0.1, 0.15) is 6.04 Å². The molecule has 116 valence electrons. The molecule has 2 heterocycles. The number of carbonyl (C=O) groups is 1. The van der Waals surface area contributed by atoms with Crippen molar-refractivity contribution in [2.75, 3.05) is 39.3 Å². The molecule has 0 bridgehead atoms. The van der Waals surface area contributed by atoms with Crippen molar-refractivity contribution in [2.24, 2.45) is 0 Å². The Morgan fingerprint density at radius 2 is 2.05 bits per heavy atom. The average Bonchev–Trinajstić information content (AvgIpc) is 2.92. The van der Waals surface area contributed by atoms with Crippen LogP contribution < -0.4 is 5.32 Å². The van der Waals surface area contributed by atoms with E-state index in [-0.39, 0.29) is 0 Å². The predicted octanol–water partition coefficient (Wildman–Crippen LogP) is 0.999. The van der Waals surface area contributed by atoms with Gasteiger partial charge in [0.25, 0.3) is 0 Å². The maximum Gasteiger partial charge on any atom is 0.322 e. The van der Waals surface area contributed by atoms with Gasteiger partial charge in [-0.15, -0.1) is 0 Å². The normalized spacial score (nSPS) is 26.8. The Morgan fingerprint density at radius 1 is 1.30 bits per heavy atom. The molecule has 5 nitrogen and oxygen atoms in total. The van der Waals surface area contributed by atoms with Crippen LogP contribution in [0.2, 0.25) is 0 Å². The topological polar surface area (TPSA) is 55.8 Å². The molecule has 5 heteroatoms. The third-order valence-corrected chi connectivity index (χ3v) is 4.53. The molecule has 2 unspecified atom stereocenters. The summed E-state index contributed by atoms with van der Waals surface area (Å²) in [5.74, 6) is -0.722. The Hall–Kier alpha value is -0.650. The van der Waals surface area contributed by atoms with Crippen LogP contribution in [0.3, 0.4) is 0 Å². The van der Waals surface area contributed by atoms with Crippen molar-refractivity contribution in [3.63, 3.8) is 0 Å². The van der Waals surface area contributed by atoms with Crippen LogP contribution in [0.4, 0.5) is 0 Å². The fourth-order valence-corrected chi connectivity index (χ4v) is 3.37. The third kappa shape index (κ3) is 4.43. The summed E-state index contributed by atoms with van der Waals surface area (Å²) in [6, 6.07) is 0.228. The van der Waals surface area contributed by atoms with Crippen LogP contribution in [-0.2, 0) is 4.79 Å². The summed E-state index contributed by atoms with van der Waals surface area (Å²) in [7, 11) is 0. The van der Waals surface area contributed by atoms with E-state index in [9.17, 15) is 9.90 Å². The summed E-state index contributed by atoms with van der Waals surface area (Å²) < 4.78 is 0. The summed E-state index contributed by atoms with van der Waals surface area (Å²) in [4.78, 5) is 16.2. The molecule has 20 heavy (non-hydrogen) atoms. The SMILES string of the molecule is CCCNC(CN1CCC(N2CCCCC2)C1)C(=O)O. The molecule has 0 radical (unpaired) electrons. The monoisotopic (exact) mass is 283 g/mol. The molecule has 2 N–H and O–H groups in total. The number of nitrogens with one attached hydrogen (secondary N) is 1. The summed E-state index contributed by atoms with van der Waals surface area (Å²) in [5.41, 5.74) is 0. The van der Waals surface area contributed by atoms with E-state index < -0.39 is 12.0 Å². The van der Waals surface area contributed by atoms with Gasteiger partial charge in [-0.2, -0.15) is 0 Å². The van der Waals surface area contributed by atoms with E-state index in [1.54, 1.807) is 0 Å². The molecule has 2 saturated heterocycles. The Kier molecular flexibility index (Phi) is 6.26. The van der Waals surface area contributed by atoms with E-state index in [1.807, 2.05) is 0 Å². The van der Waals surface area contributed by atoms with Gasteiger partial charge < -0.3 is 10.4 Å². The molecule has 2 rings (SSSR count). The Balaban J connectivity index is 1.77. The van der Waals surface area contributed by atoms with Gasteiger partial charge >= 0.3 is 5.97 Å². The summed E-state index contributed by atoms with van der Waals surface area (Å²) in [5, 5.41) is 12.4. The van der Waals surface area contributed by atoms with Gasteiger partial charge in [-0.1, -0.05) is 13.3 Å². The first-order valence-corrected chi connectivity index (χ1v) is 8.13. The van der Waals surface area contributed by atoms with E-state index in [4.69, 9.17) is 0 Å². The lowest BCUT2D eigenvalue weighted by Gasteiger charge is -2.32. The maximum atomic E-state index is 11.3. The second kappa shape index (κ2) is 7.96. The second-order valence-electron chi connectivity index (χ2n) is 6.14. The highest BCUT2D eigenvalue weighted by Crippen LogP contribution is 2.20. The minimum absolute atomic E-state index is 0.421. The first kappa shape index (κ1) is 15.7. The van der Waals surface area contributed by atoms with Crippen LogP contribution in [0.15, 0.2) is 0 Å². The molecule has 2 atom stereocenters. The Morgan fingerprint density at radius 3 is 2.70 bits per heavy atom. The molecule has 0 aromatic carbocycles. The lowest BCUT2D eigenvalue weighted by atomic mass is 10.1. The molecule has 0 saturated carbocycles. The quantitative estimate of drug-likeness (QED) is 0.730. The number of piperidine rings is 1. The maximum absolute atomic E-state index is 11.3. The van der Waals surface area contributed by atoms with Crippen molar-refractivity contribution in [1.29, 1.82) is 0 Å². The van der Waals surface area contributed by atoms with Crippen LogP contribution in [0.25, 0.3) is 0 Å². The van der Waals surface area contributed by atoms with Crippen molar-refractivity contribution in [2.45, 2.75) is 51.1 Å². The summed E-state index contributed by atoms with van der Waals surface area (Å²) in [6.45, 7) is 8.02. The van der Waals surface area contributed by atoms with Crippen molar-refractivity contribution in [1.82, 2.24) is 15.1 Å². The van der Waals surface area contributed by atoms with Gasteiger partial charge in [-0.05, 0) is 51.9 Å². The molecule has 0 spiro atoms.